The van der Waals surface area contributed by atoms with E-state index < -0.39 is 0 Å². The van der Waals surface area contributed by atoms with Gasteiger partial charge >= 0.3 is 0 Å². The Kier molecular flexibility index (Phi) is 4.50. The zero-order valence-electron chi connectivity index (χ0n) is 13.6. The zero-order chi connectivity index (χ0) is 17.2. The third-order valence-corrected chi connectivity index (χ3v) is 5.39. The van der Waals surface area contributed by atoms with E-state index in [9.17, 15) is 0 Å². The maximum absolute atomic E-state index is 5.93. The van der Waals surface area contributed by atoms with Crippen LogP contribution in [0.15, 0.2) is 30.6 Å². The number of anilines is 1. The van der Waals surface area contributed by atoms with Crippen molar-refractivity contribution in [2.75, 3.05) is 18.6 Å². The average molecular weight is 374 g/mol. The van der Waals surface area contributed by atoms with E-state index in [0.717, 1.165) is 45.8 Å². The van der Waals surface area contributed by atoms with Crippen molar-refractivity contribution in [2.45, 2.75) is 19.4 Å². The topological polar surface area (TPSA) is 64.0 Å². The predicted octanol–water partition coefficient (Wildman–Crippen LogP) is 3.14. The van der Waals surface area contributed by atoms with Crippen LogP contribution in [0.2, 0.25) is 5.02 Å². The minimum absolute atomic E-state index is 0.639. The second-order valence-corrected chi connectivity index (χ2v) is 7.24. The molecule has 128 valence electrons. The summed E-state index contributed by atoms with van der Waals surface area (Å²) in [5.41, 5.74) is 3.26. The maximum Gasteiger partial charge on any atom is 0.221 e. The number of ether oxygens (including phenoxy) is 1. The summed E-state index contributed by atoms with van der Waals surface area (Å²) < 4.78 is 5.37. The lowest BCUT2D eigenvalue weighted by Gasteiger charge is -2.27. The van der Waals surface area contributed by atoms with Gasteiger partial charge in [-0.15, -0.1) is 10.2 Å². The fourth-order valence-corrected chi connectivity index (χ4v) is 3.90. The summed E-state index contributed by atoms with van der Waals surface area (Å²) in [6, 6.07) is 7.82. The van der Waals surface area contributed by atoms with Crippen LogP contribution in [0.1, 0.15) is 21.8 Å². The van der Waals surface area contributed by atoms with Gasteiger partial charge in [0.15, 0.2) is 0 Å². The predicted molar refractivity (Wildman–Crippen MR) is 97.5 cm³/mol. The van der Waals surface area contributed by atoms with Gasteiger partial charge in [0, 0.05) is 24.4 Å². The highest BCUT2D eigenvalue weighted by Gasteiger charge is 2.24. The number of nitrogens with zero attached hydrogens (tertiary/aromatic N) is 5. The molecule has 0 N–H and O–H groups in total. The van der Waals surface area contributed by atoms with Crippen molar-refractivity contribution in [3.63, 3.8) is 0 Å². The maximum atomic E-state index is 5.93. The average Bonchev–Trinajstić information content (AvgIpc) is 3.11. The van der Waals surface area contributed by atoms with Gasteiger partial charge in [-0.05, 0) is 17.7 Å². The monoisotopic (exact) mass is 373 g/mol. The summed E-state index contributed by atoms with van der Waals surface area (Å²) in [6.45, 7) is 1.55. The Labute approximate surface area is 154 Å². The Morgan fingerprint density at radius 3 is 2.84 bits per heavy atom. The summed E-state index contributed by atoms with van der Waals surface area (Å²) in [5.74, 6) is 0.639. The normalized spacial score (nSPS) is 13.6. The number of hydrogen-bond donors (Lipinski definition) is 0. The zero-order valence-corrected chi connectivity index (χ0v) is 15.2. The van der Waals surface area contributed by atoms with E-state index in [2.05, 4.69) is 25.1 Å². The molecule has 1 aromatic carbocycles. The highest BCUT2D eigenvalue weighted by molar-refractivity contribution is 7.15. The summed E-state index contributed by atoms with van der Waals surface area (Å²) in [6.07, 6.45) is 3.16. The molecule has 2 aromatic heterocycles. The molecule has 0 amide bonds. The number of halogens is 1. The first-order valence-corrected chi connectivity index (χ1v) is 9.11. The van der Waals surface area contributed by atoms with Crippen molar-refractivity contribution in [3.8, 4) is 5.88 Å². The molecule has 0 unspecified atom stereocenters. The number of rotatable bonds is 4. The molecule has 4 rings (SSSR count). The molecule has 3 heterocycles. The van der Waals surface area contributed by atoms with Crippen LogP contribution in [-0.2, 0) is 19.4 Å². The molecule has 0 spiro atoms. The van der Waals surface area contributed by atoms with Crippen LogP contribution >= 0.6 is 22.9 Å². The second-order valence-electron chi connectivity index (χ2n) is 5.76. The SMILES string of the molecule is COc1ncnc2c1CN(c1nnc(Cc3ccc(Cl)cc3)s1)CC2. The van der Waals surface area contributed by atoms with E-state index in [0.29, 0.717) is 12.4 Å². The van der Waals surface area contributed by atoms with E-state index >= 15 is 0 Å². The number of hydrogen-bond acceptors (Lipinski definition) is 7. The quantitative estimate of drug-likeness (QED) is 0.700. The van der Waals surface area contributed by atoms with Crippen LogP contribution in [0.3, 0.4) is 0 Å². The van der Waals surface area contributed by atoms with Crippen molar-refractivity contribution in [1.82, 2.24) is 20.2 Å². The van der Waals surface area contributed by atoms with Gasteiger partial charge in [-0.25, -0.2) is 9.97 Å². The third kappa shape index (κ3) is 3.43. The molecule has 0 aliphatic carbocycles. The van der Waals surface area contributed by atoms with Crippen molar-refractivity contribution in [3.05, 3.63) is 57.4 Å². The summed E-state index contributed by atoms with van der Waals surface area (Å²) in [5, 5.41) is 11.4. The Morgan fingerprint density at radius 1 is 1.20 bits per heavy atom. The van der Waals surface area contributed by atoms with E-state index in [1.54, 1.807) is 24.8 Å². The molecular formula is C17H16ClN5OS. The molecule has 0 bridgehead atoms. The van der Waals surface area contributed by atoms with Gasteiger partial charge in [-0.3, -0.25) is 0 Å². The minimum atomic E-state index is 0.639. The number of benzene rings is 1. The van der Waals surface area contributed by atoms with Gasteiger partial charge in [0.25, 0.3) is 0 Å². The van der Waals surface area contributed by atoms with Gasteiger partial charge in [0.05, 0.1) is 24.9 Å². The molecule has 3 aromatic rings. The number of fused-ring (bicyclic) bond motifs is 1. The fourth-order valence-electron chi connectivity index (χ4n) is 2.88. The summed E-state index contributed by atoms with van der Waals surface area (Å²) >= 11 is 7.55. The lowest BCUT2D eigenvalue weighted by Crippen LogP contribution is -2.31. The standard InChI is InChI=1S/C17H16ClN5OS/c1-24-16-13-9-23(7-6-14(13)19-10-20-16)17-22-21-15(25-17)8-11-2-4-12(18)5-3-11/h2-5,10H,6-9H2,1H3. The van der Waals surface area contributed by atoms with Gasteiger partial charge in [0.2, 0.25) is 11.0 Å². The molecule has 0 fully saturated rings. The van der Waals surface area contributed by atoms with E-state index in [4.69, 9.17) is 16.3 Å². The first-order chi connectivity index (χ1) is 12.2. The van der Waals surface area contributed by atoms with Crippen LogP contribution in [0, 0.1) is 0 Å². The summed E-state index contributed by atoms with van der Waals surface area (Å²) in [7, 11) is 1.64. The molecule has 1 aliphatic heterocycles. The molecule has 0 atom stereocenters. The first-order valence-electron chi connectivity index (χ1n) is 7.91. The van der Waals surface area contributed by atoms with E-state index in [-0.39, 0.29) is 0 Å². The Morgan fingerprint density at radius 2 is 2.04 bits per heavy atom. The van der Waals surface area contributed by atoms with Crippen molar-refractivity contribution >= 4 is 28.1 Å². The molecule has 0 saturated carbocycles. The number of methoxy groups -OCH3 is 1. The lowest BCUT2D eigenvalue weighted by molar-refractivity contribution is 0.387. The van der Waals surface area contributed by atoms with Crippen molar-refractivity contribution in [2.24, 2.45) is 0 Å². The molecule has 0 radical (unpaired) electrons. The molecule has 25 heavy (non-hydrogen) atoms. The largest absolute Gasteiger partial charge is 0.481 e. The van der Waals surface area contributed by atoms with Gasteiger partial charge in [0.1, 0.15) is 11.3 Å². The van der Waals surface area contributed by atoms with E-state index in [1.165, 1.54) is 5.56 Å². The van der Waals surface area contributed by atoms with Gasteiger partial charge in [-0.1, -0.05) is 35.1 Å². The van der Waals surface area contributed by atoms with Crippen LogP contribution in [0.5, 0.6) is 5.88 Å². The summed E-state index contributed by atoms with van der Waals surface area (Å²) in [4.78, 5) is 10.8. The highest BCUT2D eigenvalue weighted by Crippen LogP contribution is 2.30. The first kappa shape index (κ1) is 16.2. The van der Waals surface area contributed by atoms with Crippen LogP contribution in [0.25, 0.3) is 0 Å². The Hall–Kier alpha value is -2.25. The van der Waals surface area contributed by atoms with Gasteiger partial charge in [-0.2, -0.15) is 0 Å². The fraction of sp³-hybridized carbons (Fsp3) is 0.294. The highest BCUT2D eigenvalue weighted by atomic mass is 35.5. The molecule has 1 aliphatic rings. The van der Waals surface area contributed by atoms with Crippen LogP contribution in [-0.4, -0.2) is 33.8 Å². The number of aromatic nitrogens is 4. The van der Waals surface area contributed by atoms with Crippen LogP contribution < -0.4 is 9.64 Å². The van der Waals surface area contributed by atoms with E-state index in [1.807, 2.05) is 24.3 Å². The third-order valence-electron chi connectivity index (χ3n) is 4.15. The molecule has 6 nitrogen and oxygen atoms in total. The smallest absolute Gasteiger partial charge is 0.221 e. The molecule has 8 heteroatoms. The molecular weight excluding hydrogens is 358 g/mol. The van der Waals surface area contributed by atoms with Crippen LogP contribution in [0.4, 0.5) is 5.13 Å². The Balaban J connectivity index is 1.51. The van der Waals surface area contributed by atoms with Crippen molar-refractivity contribution in [1.29, 1.82) is 0 Å². The minimum Gasteiger partial charge on any atom is -0.481 e. The van der Waals surface area contributed by atoms with Gasteiger partial charge < -0.3 is 9.64 Å². The van der Waals surface area contributed by atoms with Crippen molar-refractivity contribution < 1.29 is 4.74 Å². The molecule has 0 saturated heterocycles. The Bertz CT molecular complexity index is 869. The lowest BCUT2D eigenvalue weighted by atomic mass is 10.1. The second kappa shape index (κ2) is 6.93.